The minimum Gasteiger partial charge on any atom is -0.353 e. The maximum atomic E-state index is 12.6. The first-order valence-corrected chi connectivity index (χ1v) is 8.71. The Labute approximate surface area is 134 Å². The van der Waals surface area contributed by atoms with Crippen LogP contribution in [0.25, 0.3) is 0 Å². The number of hydrogen-bond acceptors (Lipinski definition) is 5. The number of nitrogens with zero attached hydrogens (tertiary/aromatic N) is 3. The lowest BCUT2D eigenvalue weighted by atomic mass is 10.2. The van der Waals surface area contributed by atoms with Crippen molar-refractivity contribution in [2.75, 3.05) is 42.6 Å². The van der Waals surface area contributed by atoms with Crippen molar-refractivity contribution < 1.29 is 9.59 Å². The third-order valence-corrected chi connectivity index (χ3v) is 5.02. The van der Waals surface area contributed by atoms with Gasteiger partial charge in [0.2, 0.25) is 11.8 Å². The third-order valence-electron chi connectivity index (χ3n) is 3.96. The van der Waals surface area contributed by atoms with Crippen LogP contribution in [0.15, 0.2) is 24.4 Å². The quantitative estimate of drug-likeness (QED) is 0.852. The Kier molecular flexibility index (Phi) is 4.82. The number of nitrogens with one attached hydrogen (secondary N) is 1. The highest BCUT2D eigenvalue weighted by atomic mass is 32.2. The second-order valence-corrected chi connectivity index (χ2v) is 6.60. The lowest BCUT2D eigenvalue weighted by molar-refractivity contribution is -0.135. The van der Waals surface area contributed by atoms with E-state index >= 15 is 0 Å². The number of thioether (sulfide) groups is 1. The summed E-state index contributed by atoms with van der Waals surface area (Å²) in [4.78, 5) is 32.6. The molecule has 1 unspecified atom stereocenters. The Bertz CT molecular complexity index is 532. The largest absolute Gasteiger partial charge is 0.353 e. The molecule has 2 aliphatic heterocycles. The van der Waals surface area contributed by atoms with Crippen LogP contribution in [0.3, 0.4) is 0 Å². The SMILES string of the molecule is O=C1CCSCC(C(=O)N2CCN(c3ccccn3)CC2)N1. The number of rotatable bonds is 2. The zero-order chi connectivity index (χ0) is 15.4. The first-order chi connectivity index (χ1) is 10.7. The molecular weight excluding hydrogens is 300 g/mol. The summed E-state index contributed by atoms with van der Waals surface area (Å²) < 4.78 is 0. The fraction of sp³-hybridized carbons (Fsp3) is 0.533. The van der Waals surface area contributed by atoms with E-state index in [9.17, 15) is 9.59 Å². The highest BCUT2D eigenvalue weighted by Gasteiger charge is 2.30. The molecule has 2 amide bonds. The predicted octanol–water partition coefficient (Wildman–Crippen LogP) is 0.352. The lowest BCUT2D eigenvalue weighted by Crippen LogP contribution is -2.55. The highest BCUT2D eigenvalue weighted by molar-refractivity contribution is 7.99. The fourth-order valence-electron chi connectivity index (χ4n) is 2.72. The number of pyridine rings is 1. The summed E-state index contributed by atoms with van der Waals surface area (Å²) in [7, 11) is 0. The third kappa shape index (κ3) is 3.52. The van der Waals surface area contributed by atoms with Gasteiger partial charge in [-0.1, -0.05) is 6.07 Å². The predicted molar refractivity (Wildman–Crippen MR) is 86.9 cm³/mol. The summed E-state index contributed by atoms with van der Waals surface area (Å²) in [6.07, 6.45) is 2.28. The van der Waals surface area contributed by atoms with Crippen LogP contribution < -0.4 is 10.2 Å². The van der Waals surface area contributed by atoms with Crippen molar-refractivity contribution >= 4 is 29.4 Å². The molecule has 22 heavy (non-hydrogen) atoms. The van der Waals surface area contributed by atoms with Gasteiger partial charge >= 0.3 is 0 Å². The van der Waals surface area contributed by atoms with E-state index in [4.69, 9.17) is 0 Å². The van der Waals surface area contributed by atoms with Crippen LogP contribution in [0.1, 0.15) is 6.42 Å². The molecule has 0 bridgehead atoms. The molecule has 118 valence electrons. The highest BCUT2D eigenvalue weighted by Crippen LogP contribution is 2.15. The van der Waals surface area contributed by atoms with Crippen molar-refractivity contribution in [3.8, 4) is 0 Å². The molecule has 0 radical (unpaired) electrons. The van der Waals surface area contributed by atoms with E-state index in [1.54, 1.807) is 18.0 Å². The van der Waals surface area contributed by atoms with Crippen LogP contribution in [0.5, 0.6) is 0 Å². The van der Waals surface area contributed by atoms with Crippen LogP contribution in [0, 0.1) is 0 Å². The number of amides is 2. The number of carbonyl (C=O) groups is 2. The van der Waals surface area contributed by atoms with Crippen LogP contribution in [0.2, 0.25) is 0 Å². The molecule has 0 spiro atoms. The minimum atomic E-state index is -0.374. The molecule has 1 atom stereocenters. The summed E-state index contributed by atoms with van der Waals surface area (Å²) in [5, 5.41) is 2.84. The maximum Gasteiger partial charge on any atom is 0.246 e. The number of anilines is 1. The van der Waals surface area contributed by atoms with Crippen LogP contribution >= 0.6 is 11.8 Å². The zero-order valence-electron chi connectivity index (χ0n) is 12.4. The maximum absolute atomic E-state index is 12.6. The van der Waals surface area contributed by atoms with E-state index in [-0.39, 0.29) is 17.9 Å². The molecule has 1 aromatic rings. The summed E-state index contributed by atoms with van der Waals surface area (Å²) in [5.41, 5.74) is 0. The minimum absolute atomic E-state index is 0.0181. The summed E-state index contributed by atoms with van der Waals surface area (Å²) in [5.74, 6) is 2.44. The van der Waals surface area contributed by atoms with Crippen LogP contribution in [0.4, 0.5) is 5.82 Å². The van der Waals surface area contributed by atoms with Crippen LogP contribution in [-0.2, 0) is 9.59 Å². The molecule has 7 heteroatoms. The molecule has 0 aromatic carbocycles. The monoisotopic (exact) mass is 320 g/mol. The molecule has 2 fully saturated rings. The van der Waals surface area contributed by atoms with Gasteiger partial charge in [-0.2, -0.15) is 11.8 Å². The van der Waals surface area contributed by atoms with E-state index in [2.05, 4.69) is 15.2 Å². The molecule has 1 N–H and O–H groups in total. The molecule has 6 nitrogen and oxygen atoms in total. The van der Waals surface area contributed by atoms with Gasteiger partial charge in [0.05, 0.1) is 0 Å². The van der Waals surface area contributed by atoms with Crippen molar-refractivity contribution in [3.05, 3.63) is 24.4 Å². The van der Waals surface area contributed by atoms with Gasteiger partial charge in [-0.05, 0) is 12.1 Å². The first-order valence-electron chi connectivity index (χ1n) is 7.56. The Morgan fingerprint density at radius 3 is 2.82 bits per heavy atom. The second-order valence-electron chi connectivity index (χ2n) is 5.45. The molecule has 0 aliphatic carbocycles. The standard InChI is InChI=1S/C15H20N4O2S/c20-14-4-10-22-11-12(17-14)15(21)19-8-6-18(7-9-19)13-3-1-2-5-16-13/h1-3,5,12H,4,6-11H2,(H,17,20). The van der Waals surface area contributed by atoms with E-state index in [0.29, 0.717) is 25.3 Å². The van der Waals surface area contributed by atoms with E-state index < -0.39 is 0 Å². The molecule has 2 aliphatic rings. The molecule has 1 aromatic heterocycles. The Morgan fingerprint density at radius 2 is 2.09 bits per heavy atom. The van der Waals surface area contributed by atoms with Gasteiger partial charge in [-0.15, -0.1) is 0 Å². The molecule has 0 saturated carbocycles. The average molecular weight is 320 g/mol. The molecule has 2 saturated heterocycles. The zero-order valence-corrected chi connectivity index (χ0v) is 13.2. The van der Waals surface area contributed by atoms with E-state index in [1.807, 2.05) is 23.1 Å². The van der Waals surface area contributed by atoms with Gasteiger partial charge in [0.15, 0.2) is 0 Å². The van der Waals surface area contributed by atoms with E-state index in [0.717, 1.165) is 24.7 Å². The van der Waals surface area contributed by atoms with Gasteiger partial charge in [-0.25, -0.2) is 4.98 Å². The average Bonchev–Trinajstić information content (AvgIpc) is 2.80. The summed E-state index contributed by atoms with van der Waals surface area (Å²) in [6.45, 7) is 2.89. The van der Waals surface area contributed by atoms with E-state index in [1.165, 1.54) is 0 Å². The Balaban J connectivity index is 1.56. The number of carbonyl (C=O) groups excluding carboxylic acids is 2. The van der Waals surface area contributed by atoms with Crippen molar-refractivity contribution in [2.45, 2.75) is 12.5 Å². The smallest absolute Gasteiger partial charge is 0.246 e. The van der Waals surface area contributed by atoms with Crippen molar-refractivity contribution in [2.24, 2.45) is 0 Å². The number of piperazine rings is 1. The summed E-state index contributed by atoms with van der Waals surface area (Å²) >= 11 is 1.67. The van der Waals surface area contributed by atoms with Crippen molar-refractivity contribution in [3.63, 3.8) is 0 Å². The van der Waals surface area contributed by atoms with Gasteiger partial charge < -0.3 is 15.1 Å². The van der Waals surface area contributed by atoms with Gasteiger partial charge in [0.1, 0.15) is 11.9 Å². The topological polar surface area (TPSA) is 65.5 Å². The molecule has 3 rings (SSSR count). The van der Waals surface area contributed by atoms with Crippen LogP contribution in [-0.4, -0.2) is 65.4 Å². The number of hydrogen-bond donors (Lipinski definition) is 1. The van der Waals surface area contributed by atoms with Crippen molar-refractivity contribution in [1.29, 1.82) is 0 Å². The summed E-state index contributed by atoms with van der Waals surface area (Å²) in [6, 6.07) is 5.48. The Morgan fingerprint density at radius 1 is 1.27 bits per heavy atom. The fourth-order valence-corrected chi connectivity index (χ4v) is 3.68. The van der Waals surface area contributed by atoms with Gasteiger partial charge in [0.25, 0.3) is 0 Å². The van der Waals surface area contributed by atoms with Gasteiger partial charge in [0, 0.05) is 50.3 Å². The van der Waals surface area contributed by atoms with Gasteiger partial charge in [-0.3, -0.25) is 9.59 Å². The lowest BCUT2D eigenvalue weighted by Gasteiger charge is -2.36. The van der Waals surface area contributed by atoms with Crippen molar-refractivity contribution in [1.82, 2.24) is 15.2 Å². The molecule has 3 heterocycles. The number of aromatic nitrogens is 1. The second kappa shape index (κ2) is 7.00. The first kappa shape index (κ1) is 15.1. The Hall–Kier alpha value is -1.76. The normalized spacial score (nSPS) is 22.9. The molecular formula is C15H20N4O2S.